The number of methoxy groups -OCH3 is 2. The van der Waals surface area contributed by atoms with E-state index in [0.717, 1.165) is 24.3 Å². The number of amides is 2. The molecule has 11 heteroatoms. The summed E-state index contributed by atoms with van der Waals surface area (Å²) in [6.45, 7) is -0.619. The van der Waals surface area contributed by atoms with E-state index in [4.69, 9.17) is 14.2 Å². The summed E-state index contributed by atoms with van der Waals surface area (Å²) in [6.07, 6.45) is -5.03. The lowest BCUT2D eigenvalue weighted by molar-refractivity contribution is -0.167. The van der Waals surface area contributed by atoms with Crippen LogP contribution < -0.4 is 20.1 Å². The molecule has 0 heterocycles. The monoisotopic (exact) mass is 426 g/mol. The van der Waals surface area contributed by atoms with Crippen LogP contribution in [0.2, 0.25) is 0 Å². The fraction of sp³-hybridized carbons (Fsp3) is 0.211. The van der Waals surface area contributed by atoms with Crippen molar-refractivity contribution in [3.63, 3.8) is 0 Å². The Morgan fingerprint density at radius 1 is 0.933 bits per heavy atom. The van der Waals surface area contributed by atoms with Crippen molar-refractivity contribution in [1.82, 2.24) is 0 Å². The zero-order valence-electron chi connectivity index (χ0n) is 15.8. The third-order valence-corrected chi connectivity index (χ3v) is 3.65. The molecule has 0 atom stereocenters. The molecule has 2 amide bonds. The first-order valence-electron chi connectivity index (χ1n) is 8.31. The first kappa shape index (κ1) is 22.5. The molecule has 0 aromatic heterocycles. The van der Waals surface area contributed by atoms with Gasteiger partial charge >= 0.3 is 18.1 Å². The van der Waals surface area contributed by atoms with Crippen LogP contribution in [0.25, 0.3) is 0 Å². The van der Waals surface area contributed by atoms with Crippen molar-refractivity contribution in [1.29, 1.82) is 0 Å². The van der Waals surface area contributed by atoms with Gasteiger partial charge in [0.2, 0.25) is 0 Å². The summed E-state index contributed by atoms with van der Waals surface area (Å²) in [4.78, 5) is 34.9. The number of nitrogens with one attached hydrogen (secondary N) is 2. The van der Waals surface area contributed by atoms with Gasteiger partial charge < -0.3 is 24.8 Å². The molecule has 2 aromatic carbocycles. The first-order valence-corrected chi connectivity index (χ1v) is 8.31. The Morgan fingerprint density at radius 2 is 1.60 bits per heavy atom. The van der Waals surface area contributed by atoms with Crippen molar-refractivity contribution in [2.75, 3.05) is 31.5 Å². The van der Waals surface area contributed by atoms with Crippen LogP contribution in [0.1, 0.15) is 10.4 Å². The number of rotatable bonds is 7. The van der Waals surface area contributed by atoms with Crippen LogP contribution in [0.15, 0.2) is 42.5 Å². The van der Waals surface area contributed by atoms with Crippen molar-refractivity contribution < 1.29 is 41.8 Å². The van der Waals surface area contributed by atoms with Crippen LogP contribution in [-0.2, 0) is 14.3 Å². The molecule has 2 rings (SSSR count). The molecule has 30 heavy (non-hydrogen) atoms. The highest BCUT2D eigenvalue weighted by molar-refractivity contribution is 5.97. The smallest absolute Gasteiger partial charge is 0.471 e. The molecule has 2 N–H and O–H groups in total. The van der Waals surface area contributed by atoms with E-state index >= 15 is 0 Å². The predicted octanol–water partition coefficient (Wildman–Crippen LogP) is 3.00. The number of esters is 1. The van der Waals surface area contributed by atoms with E-state index in [1.54, 1.807) is 17.4 Å². The maximum atomic E-state index is 12.2. The molecule has 0 saturated carbocycles. The van der Waals surface area contributed by atoms with E-state index in [9.17, 15) is 27.6 Å². The quantitative estimate of drug-likeness (QED) is 0.660. The van der Waals surface area contributed by atoms with Crippen LogP contribution in [0.4, 0.5) is 24.5 Å². The molecular formula is C19H17F3N2O6. The standard InChI is InChI=1S/C19H17F3N2O6/c1-28-13-7-8-15(29-2)14(9-13)24-16(25)10-30-17(26)11-3-5-12(6-4-11)23-18(27)19(20,21)22/h3-9H,10H2,1-2H3,(H,23,27)(H,24,25). The normalized spacial score (nSPS) is 10.7. The third-order valence-electron chi connectivity index (χ3n) is 3.65. The SMILES string of the molecule is COc1ccc(OC)c(NC(=O)COC(=O)c2ccc(NC(=O)C(F)(F)F)cc2)c1. The summed E-state index contributed by atoms with van der Waals surface area (Å²) in [5.41, 5.74) is 0.131. The highest BCUT2D eigenvalue weighted by Gasteiger charge is 2.38. The second kappa shape index (κ2) is 9.63. The largest absolute Gasteiger partial charge is 0.497 e. The van der Waals surface area contributed by atoms with Gasteiger partial charge in [0.25, 0.3) is 5.91 Å². The lowest BCUT2D eigenvalue weighted by Gasteiger charge is -2.12. The van der Waals surface area contributed by atoms with Gasteiger partial charge in [0.15, 0.2) is 6.61 Å². The second-order valence-corrected chi connectivity index (χ2v) is 5.72. The van der Waals surface area contributed by atoms with Crippen LogP contribution in [-0.4, -0.2) is 44.8 Å². The number of hydrogen-bond donors (Lipinski definition) is 2. The Morgan fingerprint density at radius 3 is 2.17 bits per heavy atom. The van der Waals surface area contributed by atoms with Crippen molar-refractivity contribution >= 4 is 29.2 Å². The molecule has 0 aliphatic carbocycles. The summed E-state index contributed by atoms with van der Waals surface area (Å²) in [5, 5.41) is 4.16. The topological polar surface area (TPSA) is 103 Å². The molecule has 0 spiro atoms. The van der Waals surface area contributed by atoms with Crippen molar-refractivity contribution in [3.05, 3.63) is 48.0 Å². The van der Waals surface area contributed by atoms with Crippen LogP contribution in [0, 0.1) is 0 Å². The first-order chi connectivity index (χ1) is 14.1. The number of hydrogen-bond acceptors (Lipinski definition) is 6. The van der Waals surface area contributed by atoms with E-state index in [2.05, 4.69) is 5.32 Å². The van der Waals surface area contributed by atoms with Gasteiger partial charge in [-0.2, -0.15) is 13.2 Å². The van der Waals surface area contributed by atoms with Gasteiger partial charge in [0.05, 0.1) is 25.5 Å². The Balaban J connectivity index is 1.92. The number of carbonyl (C=O) groups excluding carboxylic acids is 3. The molecule has 0 aliphatic heterocycles. The van der Waals surface area contributed by atoms with E-state index < -0.39 is 30.6 Å². The van der Waals surface area contributed by atoms with E-state index in [-0.39, 0.29) is 11.3 Å². The molecule has 0 bridgehead atoms. The van der Waals surface area contributed by atoms with Gasteiger partial charge in [-0.15, -0.1) is 0 Å². The van der Waals surface area contributed by atoms with Gasteiger partial charge in [-0.3, -0.25) is 9.59 Å². The highest BCUT2D eigenvalue weighted by Crippen LogP contribution is 2.28. The summed E-state index contributed by atoms with van der Waals surface area (Å²) in [5.74, 6) is -2.82. The molecule has 8 nitrogen and oxygen atoms in total. The summed E-state index contributed by atoms with van der Waals surface area (Å²) >= 11 is 0. The second-order valence-electron chi connectivity index (χ2n) is 5.72. The van der Waals surface area contributed by atoms with Crippen molar-refractivity contribution in [3.8, 4) is 11.5 Å². The van der Waals surface area contributed by atoms with Gasteiger partial charge in [-0.25, -0.2) is 4.79 Å². The van der Waals surface area contributed by atoms with E-state index in [0.29, 0.717) is 17.2 Å². The number of halogens is 3. The number of benzene rings is 2. The van der Waals surface area contributed by atoms with Crippen LogP contribution >= 0.6 is 0 Å². The molecule has 0 fully saturated rings. The highest BCUT2D eigenvalue weighted by atomic mass is 19.4. The van der Waals surface area contributed by atoms with Gasteiger partial charge in [-0.05, 0) is 36.4 Å². The molecular weight excluding hydrogens is 409 g/mol. The molecule has 0 unspecified atom stereocenters. The summed E-state index contributed by atoms with van der Waals surface area (Å²) in [7, 11) is 2.87. The van der Waals surface area contributed by atoms with Crippen LogP contribution in [0.3, 0.4) is 0 Å². The van der Waals surface area contributed by atoms with Gasteiger partial charge in [-0.1, -0.05) is 0 Å². The molecule has 0 saturated heterocycles. The van der Waals surface area contributed by atoms with Gasteiger partial charge in [0.1, 0.15) is 11.5 Å². The minimum Gasteiger partial charge on any atom is -0.497 e. The maximum Gasteiger partial charge on any atom is 0.471 e. The third kappa shape index (κ3) is 6.12. The summed E-state index contributed by atoms with van der Waals surface area (Å²) in [6, 6.07) is 9.23. The predicted molar refractivity (Wildman–Crippen MR) is 99.6 cm³/mol. The lowest BCUT2D eigenvalue weighted by atomic mass is 10.2. The van der Waals surface area contributed by atoms with E-state index in [1.165, 1.54) is 20.3 Å². The minimum absolute atomic E-state index is 0.0215. The maximum absolute atomic E-state index is 12.2. The fourth-order valence-corrected chi connectivity index (χ4v) is 2.20. The van der Waals surface area contributed by atoms with Crippen molar-refractivity contribution in [2.45, 2.75) is 6.18 Å². The molecule has 0 radical (unpaired) electrons. The number of ether oxygens (including phenoxy) is 3. The van der Waals surface area contributed by atoms with E-state index in [1.807, 2.05) is 0 Å². The van der Waals surface area contributed by atoms with Gasteiger partial charge in [0, 0.05) is 11.8 Å². The molecule has 0 aliphatic rings. The Bertz CT molecular complexity index is 929. The average molecular weight is 426 g/mol. The average Bonchev–Trinajstić information content (AvgIpc) is 2.71. The fourth-order valence-electron chi connectivity index (χ4n) is 2.20. The number of alkyl halides is 3. The lowest BCUT2D eigenvalue weighted by Crippen LogP contribution is -2.29. The molecule has 160 valence electrons. The Labute approximate surface area is 168 Å². The minimum atomic E-state index is -5.03. The van der Waals surface area contributed by atoms with Crippen LogP contribution in [0.5, 0.6) is 11.5 Å². The Hall–Kier alpha value is -3.76. The summed E-state index contributed by atoms with van der Waals surface area (Å²) < 4.78 is 51.7. The molecule has 2 aromatic rings. The number of carbonyl (C=O) groups is 3. The zero-order valence-corrected chi connectivity index (χ0v) is 15.8. The van der Waals surface area contributed by atoms with Crippen molar-refractivity contribution in [2.24, 2.45) is 0 Å². The zero-order chi connectivity index (χ0) is 22.3. The number of anilines is 2. The Kier molecular flexibility index (Phi) is 7.23.